The molecule has 214 valence electrons. The van der Waals surface area contributed by atoms with Crippen LogP contribution in [0.5, 0.6) is 0 Å². The van der Waals surface area contributed by atoms with E-state index in [4.69, 9.17) is 4.74 Å². The van der Waals surface area contributed by atoms with Crippen molar-refractivity contribution in [1.29, 1.82) is 0 Å². The molecule has 1 saturated heterocycles. The van der Waals surface area contributed by atoms with Gasteiger partial charge in [-0.2, -0.15) is 0 Å². The number of aromatic nitrogens is 1. The summed E-state index contributed by atoms with van der Waals surface area (Å²) in [5.41, 5.74) is 4.62. The Kier molecular flexibility index (Phi) is 9.35. The lowest BCUT2D eigenvalue weighted by Gasteiger charge is -2.35. The molecular formula is C31H40N4O5. The molecule has 1 aromatic carbocycles. The van der Waals surface area contributed by atoms with E-state index in [1.54, 1.807) is 13.1 Å². The summed E-state index contributed by atoms with van der Waals surface area (Å²) in [5.74, 6) is -2.00. The Hall–Kier alpha value is -3.59. The van der Waals surface area contributed by atoms with Crippen molar-refractivity contribution in [3.63, 3.8) is 0 Å². The highest BCUT2D eigenvalue weighted by atomic mass is 16.5. The van der Waals surface area contributed by atoms with Crippen LogP contribution < -0.4 is 10.7 Å². The van der Waals surface area contributed by atoms with Crippen molar-refractivity contribution in [3.8, 4) is 0 Å². The molecule has 9 nitrogen and oxygen atoms in total. The molecule has 3 heterocycles. The number of fused-ring (bicyclic) bond motifs is 4. The second-order valence-corrected chi connectivity index (χ2v) is 11.4. The predicted octanol–water partition coefficient (Wildman–Crippen LogP) is 4.12. The van der Waals surface area contributed by atoms with Crippen LogP contribution in [0.3, 0.4) is 0 Å². The maximum Gasteiger partial charge on any atom is 0.325 e. The van der Waals surface area contributed by atoms with Crippen molar-refractivity contribution in [2.45, 2.75) is 78.5 Å². The summed E-state index contributed by atoms with van der Waals surface area (Å²) in [4.78, 5) is 57.0. The third kappa shape index (κ3) is 6.94. The first kappa shape index (κ1) is 29.4. The third-order valence-corrected chi connectivity index (χ3v) is 7.89. The fourth-order valence-corrected chi connectivity index (χ4v) is 5.15. The Balaban J connectivity index is 1.63. The minimum absolute atomic E-state index is 0.00349. The largest absolute Gasteiger partial charge is 0.457 e. The molecule has 2 amide bonds. The fourth-order valence-electron chi connectivity index (χ4n) is 5.15. The van der Waals surface area contributed by atoms with Crippen molar-refractivity contribution < 1.29 is 23.9 Å². The number of nitrogens with one attached hydrogen (secondary N) is 2. The number of pyridine rings is 1. The summed E-state index contributed by atoms with van der Waals surface area (Å²) in [7, 11) is 0. The van der Waals surface area contributed by atoms with E-state index < -0.39 is 30.1 Å². The van der Waals surface area contributed by atoms with Gasteiger partial charge < -0.3 is 10.1 Å². The van der Waals surface area contributed by atoms with E-state index in [-0.39, 0.29) is 35.9 Å². The number of hydrogen-bond donors (Lipinski definition) is 2. The summed E-state index contributed by atoms with van der Waals surface area (Å²) in [5, 5.41) is 6.13. The second-order valence-electron chi connectivity index (χ2n) is 11.4. The van der Waals surface area contributed by atoms with E-state index >= 15 is 0 Å². The Labute approximate surface area is 235 Å². The van der Waals surface area contributed by atoms with Crippen LogP contribution in [-0.4, -0.2) is 52.2 Å². The Morgan fingerprint density at radius 1 is 1.05 bits per heavy atom. The number of ether oxygens (including phenoxy) is 1. The van der Waals surface area contributed by atoms with Gasteiger partial charge in [-0.05, 0) is 68.2 Å². The number of benzene rings is 1. The van der Waals surface area contributed by atoms with Crippen molar-refractivity contribution in [2.24, 2.45) is 17.8 Å². The van der Waals surface area contributed by atoms with Crippen molar-refractivity contribution in [2.75, 3.05) is 6.54 Å². The zero-order valence-corrected chi connectivity index (χ0v) is 24.0. The van der Waals surface area contributed by atoms with Gasteiger partial charge in [0.05, 0.1) is 5.69 Å². The Morgan fingerprint density at radius 2 is 1.82 bits per heavy atom. The van der Waals surface area contributed by atoms with Crippen LogP contribution in [-0.2, 0) is 23.9 Å². The monoisotopic (exact) mass is 548 g/mol. The lowest BCUT2D eigenvalue weighted by atomic mass is 9.85. The summed E-state index contributed by atoms with van der Waals surface area (Å²) in [6.45, 7) is 9.53. The first-order valence-corrected chi connectivity index (χ1v) is 14.2. The normalized spacial score (nSPS) is 28.2. The van der Waals surface area contributed by atoms with Crippen LogP contribution in [0.25, 0.3) is 16.8 Å². The highest BCUT2D eigenvalue weighted by molar-refractivity contribution is 5.92. The van der Waals surface area contributed by atoms with Crippen LogP contribution in [0.2, 0.25) is 0 Å². The number of nitrogens with zero attached hydrogens (tertiary/aromatic N) is 2. The summed E-state index contributed by atoms with van der Waals surface area (Å²) >= 11 is 0. The van der Waals surface area contributed by atoms with Gasteiger partial charge in [-0.15, -0.1) is 0 Å². The smallest absolute Gasteiger partial charge is 0.325 e. The average Bonchev–Trinajstić information content (AvgIpc) is 2.94. The molecule has 5 atom stereocenters. The van der Waals surface area contributed by atoms with Crippen LogP contribution in [0.1, 0.15) is 77.7 Å². The maximum atomic E-state index is 13.2. The maximum absolute atomic E-state index is 13.2. The third-order valence-electron chi connectivity index (χ3n) is 7.89. The van der Waals surface area contributed by atoms with Gasteiger partial charge in [-0.25, -0.2) is 5.43 Å². The highest BCUT2D eigenvalue weighted by Gasteiger charge is 2.34. The number of rotatable bonds is 1. The SMILES string of the molecule is CC(C)[C@@H]1CC(=O)[C@H](C)C/C=C/c2cc3cc(ccc3cn2)[C@@H](C)OC(=O)[C@@H]2CCCN(N2)C(=O)[C@H](C)NC1=O. The van der Waals surface area contributed by atoms with Gasteiger partial charge in [-0.1, -0.05) is 39.0 Å². The van der Waals surface area contributed by atoms with Gasteiger partial charge in [-0.3, -0.25) is 29.2 Å². The molecule has 9 heteroatoms. The number of esters is 1. The molecule has 2 N–H and O–H groups in total. The zero-order valence-electron chi connectivity index (χ0n) is 24.0. The minimum Gasteiger partial charge on any atom is -0.457 e. The van der Waals surface area contributed by atoms with Crippen molar-refractivity contribution >= 4 is 40.4 Å². The molecule has 2 aromatic rings. The summed E-state index contributed by atoms with van der Waals surface area (Å²) < 4.78 is 5.80. The number of hydrazine groups is 1. The molecule has 0 aliphatic carbocycles. The fraction of sp³-hybridized carbons (Fsp3) is 0.516. The molecular weight excluding hydrogens is 508 g/mol. The molecule has 1 fully saturated rings. The first-order chi connectivity index (χ1) is 19.0. The molecule has 5 bridgehead atoms. The van der Waals surface area contributed by atoms with Crippen LogP contribution in [0.4, 0.5) is 0 Å². The number of cyclic esters (lactones) is 1. The predicted molar refractivity (Wildman–Crippen MR) is 152 cm³/mol. The summed E-state index contributed by atoms with van der Waals surface area (Å²) in [6, 6.07) is 6.33. The van der Waals surface area contributed by atoms with E-state index in [1.807, 2.05) is 64.1 Å². The number of ketones is 1. The lowest BCUT2D eigenvalue weighted by molar-refractivity contribution is -0.157. The molecule has 0 unspecified atom stereocenters. The molecule has 2 aliphatic rings. The molecule has 40 heavy (non-hydrogen) atoms. The lowest BCUT2D eigenvalue weighted by Crippen LogP contribution is -2.59. The Morgan fingerprint density at radius 3 is 2.58 bits per heavy atom. The minimum atomic E-state index is -0.823. The van der Waals surface area contributed by atoms with Crippen LogP contribution >= 0.6 is 0 Å². The molecule has 0 spiro atoms. The second kappa shape index (κ2) is 12.7. The van der Waals surface area contributed by atoms with Crippen molar-refractivity contribution in [1.82, 2.24) is 20.7 Å². The van der Waals surface area contributed by atoms with Crippen molar-refractivity contribution in [3.05, 3.63) is 47.8 Å². The Bertz CT molecular complexity index is 1310. The topological polar surface area (TPSA) is 118 Å². The highest BCUT2D eigenvalue weighted by Crippen LogP contribution is 2.25. The van der Waals surface area contributed by atoms with Gasteiger partial charge >= 0.3 is 5.97 Å². The van der Waals surface area contributed by atoms with Gasteiger partial charge in [0.15, 0.2) is 0 Å². The number of carbonyl (C=O) groups excluding carboxylic acids is 4. The standard InChI is InChI=1S/C31H40N4O5/c1-18(2)26-16-28(36)19(3)8-6-9-25-15-24-14-22(11-12-23(24)17-32-25)21(5)40-31(39)27-10-7-13-35(34-27)30(38)20(4)33-29(26)37/h6,9,11-12,14-15,17-21,26-27,34H,7-8,10,13,16H2,1-5H3,(H,33,37)/b9-6+/t19-,20+,21-,26+,27+/m1/s1. The molecule has 2 aliphatic heterocycles. The molecule has 4 rings (SSSR count). The van der Waals surface area contributed by atoms with E-state index in [0.717, 1.165) is 22.0 Å². The van der Waals surface area contributed by atoms with E-state index in [9.17, 15) is 19.2 Å². The van der Waals surface area contributed by atoms with Gasteiger partial charge in [0.1, 0.15) is 24.0 Å². The van der Waals surface area contributed by atoms with E-state index in [0.29, 0.717) is 25.8 Å². The number of carbonyl (C=O) groups is 4. The van der Waals surface area contributed by atoms with Gasteiger partial charge in [0.2, 0.25) is 5.91 Å². The van der Waals surface area contributed by atoms with Crippen LogP contribution in [0.15, 0.2) is 36.5 Å². The average molecular weight is 549 g/mol. The molecule has 0 radical (unpaired) electrons. The van der Waals surface area contributed by atoms with E-state index in [1.165, 1.54) is 5.01 Å². The quantitative estimate of drug-likeness (QED) is 0.515. The number of allylic oxidation sites excluding steroid dienone is 1. The zero-order chi connectivity index (χ0) is 29.0. The number of hydrogen-bond acceptors (Lipinski definition) is 7. The summed E-state index contributed by atoms with van der Waals surface area (Å²) in [6.07, 6.45) is 6.91. The van der Waals surface area contributed by atoms with Gasteiger partial charge in [0, 0.05) is 36.4 Å². The number of Topliss-reactive ketones (excluding diaryl/α,β-unsaturated/α-hetero) is 1. The van der Waals surface area contributed by atoms with Crippen LogP contribution in [0, 0.1) is 17.8 Å². The number of amides is 2. The first-order valence-electron chi connectivity index (χ1n) is 14.2. The van der Waals surface area contributed by atoms with E-state index in [2.05, 4.69) is 15.7 Å². The molecule has 1 aromatic heterocycles. The molecule has 0 saturated carbocycles. The van der Waals surface area contributed by atoms with Gasteiger partial charge in [0.25, 0.3) is 5.91 Å².